The number of nitrogens with zero attached hydrogens (tertiary/aromatic N) is 3. The number of aryl methyl sites for hydroxylation is 1. The van der Waals surface area contributed by atoms with Crippen LogP contribution in [0.2, 0.25) is 10.0 Å². The van der Waals surface area contributed by atoms with Gasteiger partial charge in [-0.15, -0.1) is 0 Å². The van der Waals surface area contributed by atoms with Crippen molar-refractivity contribution in [3.05, 3.63) is 55.9 Å². The average Bonchev–Trinajstić information content (AvgIpc) is 3.04. The number of ether oxygens (including phenoxy) is 2. The fourth-order valence-corrected chi connectivity index (χ4v) is 3.29. The molecule has 2 atom stereocenters. The van der Waals surface area contributed by atoms with Crippen molar-refractivity contribution in [2.24, 2.45) is 0 Å². The minimum absolute atomic E-state index is 0.185. The summed E-state index contributed by atoms with van der Waals surface area (Å²) in [6.45, 7) is 4.22. The summed E-state index contributed by atoms with van der Waals surface area (Å²) in [5.41, 5.74) is 0.685. The number of hydrogen-bond acceptors (Lipinski definition) is 5. The molecular formula is C15H15Cl2N3O4. The molecule has 1 aromatic heterocycles. The lowest BCUT2D eigenvalue weighted by Crippen LogP contribution is -2.26. The predicted octanol–water partition coefficient (Wildman–Crippen LogP) is 3.69. The van der Waals surface area contributed by atoms with Gasteiger partial charge in [0.25, 0.3) is 0 Å². The number of halogens is 2. The second-order valence-electron chi connectivity index (χ2n) is 5.68. The number of hydrogen-bond donors (Lipinski definition) is 0. The number of imidazole rings is 1. The van der Waals surface area contributed by atoms with Gasteiger partial charge in [0, 0.05) is 17.5 Å². The summed E-state index contributed by atoms with van der Waals surface area (Å²) < 4.78 is 13.5. The maximum Gasteiger partial charge on any atom is 0.381 e. The Morgan fingerprint density at radius 3 is 2.88 bits per heavy atom. The molecule has 2 heterocycles. The maximum atomic E-state index is 10.8. The molecule has 1 fully saturated rings. The first-order chi connectivity index (χ1) is 11.3. The quantitative estimate of drug-likeness (QED) is 0.604. The fourth-order valence-electron chi connectivity index (χ4n) is 2.71. The Morgan fingerprint density at radius 2 is 2.25 bits per heavy atom. The standard InChI is InChI=1S/C15H15Cl2N3O4/c1-9-18-14(20(21)22)7-19(9)6-11-8-23-15(2,24-11)12-4-3-10(16)5-13(12)17/h3-5,7,11H,6,8H2,1-2H3/t11-,15-/m0/s1. The molecule has 2 aromatic rings. The van der Waals surface area contributed by atoms with Crippen LogP contribution in [0.3, 0.4) is 0 Å². The summed E-state index contributed by atoms with van der Waals surface area (Å²) in [4.78, 5) is 14.2. The topological polar surface area (TPSA) is 79.4 Å². The van der Waals surface area contributed by atoms with Crippen molar-refractivity contribution in [3.8, 4) is 0 Å². The van der Waals surface area contributed by atoms with Crippen molar-refractivity contribution in [1.82, 2.24) is 9.55 Å². The molecule has 1 aliphatic rings. The van der Waals surface area contributed by atoms with Gasteiger partial charge in [-0.2, -0.15) is 0 Å². The van der Waals surface area contributed by atoms with E-state index < -0.39 is 10.7 Å². The van der Waals surface area contributed by atoms with Gasteiger partial charge in [0.1, 0.15) is 12.3 Å². The van der Waals surface area contributed by atoms with Crippen LogP contribution in [0.4, 0.5) is 5.82 Å². The number of aromatic nitrogens is 2. The van der Waals surface area contributed by atoms with E-state index in [-0.39, 0.29) is 11.9 Å². The van der Waals surface area contributed by atoms with Gasteiger partial charge in [-0.1, -0.05) is 29.3 Å². The van der Waals surface area contributed by atoms with Gasteiger partial charge in [0.2, 0.25) is 5.82 Å². The van der Waals surface area contributed by atoms with Gasteiger partial charge < -0.3 is 24.2 Å². The summed E-state index contributed by atoms with van der Waals surface area (Å²) in [7, 11) is 0. The lowest BCUT2D eigenvalue weighted by Gasteiger charge is -2.25. The molecule has 3 rings (SSSR count). The maximum absolute atomic E-state index is 10.8. The third-order valence-electron chi connectivity index (χ3n) is 3.91. The van der Waals surface area contributed by atoms with Crippen LogP contribution in [0, 0.1) is 17.0 Å². The molecule has 1 saturated heterocycles. The summed E-state index contributed by atoms with van der Waals surface area (Å²) in [6, 6.07) is 5.12. The minimum Gasteiger partial charge on any atom is -0.358 e. The van der Waals surface area contributed by atoms with Crippen molar-refractivity contribution in [2.45, 2.75) is 32.3 Å². The van der Waals surface area contributed by atoms with Crippen molar-refractivity contribution >= 4 is 29.0 Å². The van der Waals surface area contributed by atoms with E-state index in [0.717, 1.165) is 0 Å². The summed E-state index contributed by atoms with van der Waals surface area (Å²) in [6.07, 6.45) is 1.11. The molecule has 0 spiro atoms. The highest BCUT2D eigenvalue weighted by molar-refractivity contribution is 6.35. The average molecular weight is 372 g/mol. The van der Waals surface area contributed by atoms with E-state index in [0.29, 0.717) is 34.6 Å². The molecule has 7 nitrogen and oxygen atoms in total. The van der Waals surface area contributed by atoms with Crippen molar-refractivity contribution in [1.29, 1.82) is 0 Å². The molecule has 0 N–H and O–H groups in total. The van der Waals surface area contributed by atoms with E-state index >= 15 is 0 Å². The summed E-state index contributed by atoms with van der Waals surface area (Å²) in [5, 5.41) is 11.8. The zero-order valence-corrected chi connectivity index (χ0v) is 14.5. The predicted molar refractivity (Wildman–Crippen MR) is 88.3 cm³/mol. The van der Waals surface area contributed by atoms with E-state index in [1.807, 2.05) is 0 Å². The smallest absolute Gasteiger partial charge is 0.358 e. The molecule has 24 heavy (non-hydrogen) atoms. The van der Waals surface area contributed by atoms with Crippen LogP contribution in [-0.2, 0) is 21.8 Å². The second kappa shape index (κ2) is 6.33. The molecule has 128 valence electrons. The van der Waals surface area contributed by atoms with E-state index in [2.05, 4.69) is 4.98 Å². The van der Waals surface area contributed by atoms with Gasteiger partial charge in [-0.05, 0) is 29.0 Å². The van der Waals surface area contributed by atoms with Crippen LogP contribution in [-0.4, -0.2) is 27.2 Å². The van der Waals surface area contributed by atoms with E-state index in [4.69, 9.17) is 32.7 Å². The zero-order chi connectivity index (χ0) is 17.5. The highest BCUT2D eigenvalue weighted by atomic mass is 35.5. The van der Waals surface area contributed by atoms with E-state index in [1.165, 1.54) is 6.20 Å². The number of benzene rings is 1. The van der Waals surface area contributed by atoms with Gasteiger partial charge in [-0.25, -0.2) is 0 Å². The molecule has 0 saturated carbocycles. The Balaban J connectivity index is 1.76. The lowest BCUT2D eigenvalue weighted by molar-refractivity contribution is -0.389. The number of nitro groups is 1. The molecule has 0 bridgehead atoms. The highest BCUT2D eigenvalue weighted by Gasteiger charge is 2.40. The van der Waals surface area contributed by atoms with Gasteiger partial charge in [-0.3, -0.25) is 0 Å². The first-order valence-corrected chi connectivity index (χ1v) is 7.99. The molecule has 1 aromatic carbocycles. The molecule has 0 amide bonds. The first-order valence-electron chi connectivity index (χ1n) is 7.24. The van der Waals surface area contributed by atoms with Crippen LogP contribution in [0.5, 0.6) is 0 Å². The monoisotopic (exact) mass is 371 g/mol. The second-order valence-corrected chi connectivity index (χ2v) is 6.52. The van der Waals surface area contributed by atoms with E-state index in [9.17, 15) is 10.1 Å². The number of rotatable bonds is 4. The molecule has 0 unspecified atom stereocenters. The highest BCUT2D eigenvalue weighted by Crippen LogP contribution is 2.39. The Labute approximate surface area is 148 Å². The fraction of sp³-hybridized carbons (Fsp3) is 0.400. The third kappa shape index (κ3) is 3.25. The Morgan fingerprint density at radius 1 is 1.50 bits per heavy atom. The van der Waals surface area contributed by atoms with Crippen molar-refractivity contribution < 1.29 is 14.4 Å². The largest absolute Gasteiger partial charge is 0.381 e. The molecule has 9 heteroatoms. The van der Waals surface area contributed by atoms with Gasteiger partial charge >= 0.3 is 5.82 Å². The third-order valence-corrected chi connectivity index (χ3v) is 4.46. The van der Waals surface area contributed by atoms with Gasteiger partial charge in [0.15, 0.2) is 5.79 Å². The van der Waals surface area contributed by atoms with Crippen LogP contribution < -0.4 is 0 Å². The van der Waals surface area contributed by atoms with Crippen molar-refractivity contribution in [3.63, 3.8) is 0 Å². The molecular weight excluding hydrogens is 357 g/mol. The van der Waals surface area contributed by atoms with Crippen LogP contribution >= 0.6 is 23.2 Å². The van der Waals surface area contributed by atoms with Crippen molar-refractivity contribution in [2.75, 3.05) is 6.61 Å². The van der Waals surface area contributed by atoms with Gasteiger partial charge in [0.05, 0.1) is 18.2 Å². The zero-order valence-electron chi connectivity index (χ0n) is 13.0. The lowest BCUT2D eigenvalue weighted by atomic mass is 10.1. The van der Waals surface area contributed by atoms with Crippen LogP contribution in [0.1, 0.15) is 18.3 Å². The van der Waals surface area contributed by atoms with E-state index in [1.54, 1.807) is 36.6 Å². The Kier molecular flexibility index (Phi) is 4.52. The molecule has 0 aliphatic carbocycles. The Hall–Kier alpha value is -1.67. The molecule has 1 aliphatic heterocycles. The van der Waals surface area contributed by atoms with Crippen LogP contribution in [0.25, 0.3) is 0 Å². The molecule has 0 radical (unpaired) electrons. The Bertz CT molecular complexity index is 795. The minimum atomic E-state index is -0.993. The van der Waals surface area contributed by atoms with Crippen LogP contribution in [0.15, 0.2) is 24.4 Å². The first kappa shape index (κ1) is 17.2. The normalized spacial score (nSPS) is 23.6. The SMILES string of the molecule is Cc1nc([N+](=O)[O-])cn1C[C@H]1CO[C@](C)(c2ccc(Cl)cc2Cl)O1. The summed E-state index contributed by atoms with van der Waals surface area (Å²) in [5.74, 6) is -0.634. The summed E-state index contributed by atoms with van der Waals surface area (Å²) >= 11 is 12.2.